The van der Waals surface area contributed by atoms with Gasteiger partial charge in [-0.2, -0.15) is 0 Å². The quantitative estimate of drug-likeness (QED) is 0.592. The van der Waals surface area contributed by atoms with Gasteiger partial charge in [-0.05, 0) is 49.7 Å². The highest BCUT2D eigenvalue weighted by Crippen LogP contribution is 2.19. The first-order valence-electron chi connectivity index (χ1n) is 7.80. The molecule has 0 radical (unpaired) electrons. The molecule has 0 unspecified atom stereocenters. The van der Waals surface area contributed by atoms with Crippen molar-refractivity contribution in [1.82, 2.24) is 0 Å². The maximum Gasteiger partial charge on any atom is 0.344 e. The highest BCUT2D eigenvalue weighted by atomic mass is 35.5. The number of Topliss-reactive ketones (excluding diaryl/α,β-unsaturated/α-hetero) is 1. The molecule has 0 fully saturated rings. The largest absolute Gasteiger partial charge is 0.482 e. The number of ether oxygens (including phenoxy) is 2. The van der Waals surface area contributed by atoms with Crippen LogP contribution in [0.1, 0.15) is 22.8 Å². The third-order valence-corrected chi connectivity index (χ3v) is 3.66. The summed E-state index contributed by atoms with van der Waals surface area (Å²) in [6.07, 6.45) is 0. The minimum absolute atomic E-state index is 0.104. The van der Waals surface area contributed by atoms with Gasteiger partial charge in [0.2, 0.25) is 0 Å². The molecule has 2 aromatic carbocycles. The van der Waals surface area contributed by atoms with Gasteiger partial charge in [-0.15, -0.1) is 0 Å². The molecule has 136 valence electrons. The maximum atomic E-state index is 11.8. The topological polar surface area (TPSA) is 81.7 Å². The number of aryl methyl sites for hydroxylation is 1. The van der Waals surface area contributed by atoms with Crippen molar-refractivity contribution in [2.24, 2.45) is 0 Å². The van der Waals surface area contributed by atoms with Crippen LogP contribution in [0.25, 0.3) is 0 Å². The molecule has 0 aliphatic carbocycles. The molecule has 0 atom stereocenters. The average Bonchev–Trinajstić information content (AvgIpc) is 2.61. The fourth-order valence-electron chi connectivity index (χ4n) is 2.09. The number of rotatable bonds is 7. The van der Waals surface area contributed by atoms with Crippen LogP contribution in [-0.2, 0) is 14.3 Å². The van der Waals surface area contributed by atoms with E-state index in [1.165, 1.54) is 13.0 Å². The Hall–Kier alpha value is -2.86. The smallest absolute Gasteiger partial charge is 0.344 e. The summed E-state index contributed by atoms with van der Waals surface area (Å²) in [7, 11) is 0. The molecule has 0 bridgehead atoms. The molecule has 0 saturated heterocycles. The van der Waals surface area contributed by atoms with E-state index in [1.807, 2.05) is 0 Å². The number of benzene rings is 2. The second kappa shape index (κ2) is 9.01. The van der Waals surface area contributed by atoms with Crippen LogP contribution in [0.3, 0.4) is 0 Å². The molecule has 0 aliphatic heterocycles. The van der Waals surface area contributed by atoms with E-state index in [1.54, 1.807) is 43.3 Å². The van der Waals surface area contributed by atoms with Gasteiger partial charge in [-0.3, -0.25) is 9.59 Å². The van der Waals surface area contributed by atoms with Crippen LogP contribution in [0.4, 0.5) is 5.69 Å². The van der Waals surface area contributed by atoms with E-state index < -0.39 is 18.5 Å². The van der Waals surface area contributed by atoms with Gasteiger partial charge >= 0.3 is 5.97 Å². The normalized spacial score (nSPS) is 10.1. The lowest BCUT2D eigenvalue weighted by atomic mass is 10.1. The molecule has 2 rings (SSSR count). The molecule has 0 aromatic heterocycles. The zero-order chi connectivity index (χ0) is 19.1. The number of anilines is 1. The summed E-state index contributed by atoms with van der Waals surface area (Å²) in [6, 6.07) is 11.5. The van der Waals surface area contributed by atoms with Crippen molar-refractivity contribution in [2.45, 2.75) is 13.8 Å². The van der Waals surface area contributed by atoms with E-state index in [2.05, 4.69) is 5.32 Å². The van der Waals surface area contributed by atoms with E-state index in [-0.39, 0.29) is 12.4 Å². The van der Waals surface area contributed by atoms with E-state index in [0.29, 0.717) is 22.0 Å². The molecule has 0 saturated carbocycles. The Morgan fingerprint density at radius 3 is 2.54 bits per heavy atom. The molecule has 0 aliphatic rings. The Kier molecular flexibility index (Phi) is 6.74. The third-order valence-electron chi connectivity index (χ3n) is 3.42. The number of ketones is 1. The Morgan fingerprint density at radius 1 is 1.08 bits per heavy atom. The first kappa shape index (κ1) is 19.5. The predicted molar refractivity (Wildman–Crippen MR) is 97.7 cm³/mol. The van der Waals surface area contributed by atoms with Crippen LogP contribution in [-0.4, -0.2) is 30.9 Å². The number of hydrogen-bond donors (Lipinski definition) is 1. The number of esters is 1. The zero-order valence-corrected chi connectivity index (χ0v) is 15.1. The van der Waals surface area contributed by atoms with Crippen LogP contribution < -0.4 is 10.1 Å². The van der Waals surface area contributed by atoms with Crippen molar-refractivity contribution >= 4 is 34.9 Å². The Morgan fingerprint density at radius 2 is 1.85 bits per heavy atom. The van der Waals surface area contributed by atoms with Crippen LogP contribution in [0.2, 0.25) is 5.02 Å². The van der Waals surface area contributed by atoms with E-state index in [9.17, 15) is 14.4 Å². The van der Waals surface area contributed by atoms with Crippen molar-refractivity contribution in [2.75, 3.05) is 18.5 Å². The maximum absolute atomic E-state index is 11.8. The first-order chi connectivity index (χ1) is 12.3. The second-order valence-corrected chi connectivity index (χ2v) is 5.98. The summed E-state index contributed by atoms with van der Waals surface area (Å²) in [5.74, 6) is -0.897. The summed E-state index contributed by atoms with van der Waals surface area (Å²) in [5, 5.41) is 3.20. The van der Waals surface area contributed by atoms with Gasteiger partial charge in [-0.1, -0.05) is 23.7 Å². The van der Waals surface area contributed by atoms with Crippen LogP contribution in [0.5, 0.6) is 5.75 Å². The fraction of sp³-hybridized carbons (Fsp3) is 0.211. The monoisotopic (exact) mass is 375 g/mol. The number of halogens is 1. The average molecular weight is 376 g/mol. The molecule has 1 N–H and O–H groups in total. The standard InChI is InChI=1S/C19H18ClNO5/c1-12-8-15(20)6-7-17(12)21-18(23)10-26-19(24)11-25-16-5-3-4-14(9-16)13(2)22/h3-9H,10-11H2,1-2H3,(H,21,23). The van der Waals surface area contributed by atoms with Crippen molar-refractivity contribution in [1.29, 1.82) is 0 Å². The SMILES string of the molecule is CC(=O)c1cccc(OCC(=O)OCC(=O)Nc2ccc(Cl)cc2C)c1. The van der Waals surface area contributed by atoms with E-state index in [4.69, 9.17) is 21.1 Å². The lowest BCUT2D eigenvalue weighted by Crippen LogP contribution is -2.24. The molecule has 0 spiro atoms. The molecule has 1 amide bonds. The minimum Gasteiger partial charge on any atom is -0.482 e. The van der Waals surface area contributed by atoms with E-state index in [0.717, 1.165) is 5.56 Å². The Bertz CT molecular complexity index is 834. The van der Waals surface area contributed by atoms with Gasteiger partial charge in [0.1, 0.15) is 5.75 Å². The van der Waals surface area contributed by atoms with Gasteiger partial charge in [0.15, 0.2) is 19.0 Å². The fourth-order valence-corrected chi connectivity index (χ4v) is 2.32. The lowest BCUT2D eigenvalue weighted by Gasteiger charge is -2.10. The van der Waals surface area contributed by atoms with Crippen LogP contribution >= 0.6 is 11.6 Å². The van der Waals surface area contributed by atoms with Gasteiger partial charge in [-0.25, -0.2) is 4.79 Å². The molecule has 0 heterocycles. The summed E-state index contributed by atoms with van der Waals surface area (Å²) in [6.45, 7) is 2.44. The summed E-state index contributed by atoms with van der Waals surface area (Å²) in [5.41, 5.74) is 1.87. The van der Waals surface area contributed by atoms with Crippen molar-refractivity contribution in [3.63, 3.8) is 0 Å². The van der Waals surface area contributed by atoms with Gasteiger partial charge in [0.25, 0.3) is 5.91 Å². The van der Waals surface area contributed by atoms with E-state index >= 15 is 0 Å². The number of nitrogens with one attached hydrogen (secondary N) is 1. The lowest BCUT2D eigenvalue weighted by molar-refractivity contribution is -0.149. The van der Waals surface area contributed by atoms with Gasteiger partial charge in [0, 0.05) is 16.3 Å². The number of hydrogen-bond acceptors (Lipinski definition) is 5. The number of carbonyl (C=O) groups excluding carboxylic acids is 3. The summed E-state index contributed by atoms with van der Waals surface area (Å²) in [4.78, 5) is 34.8. The van der Waals surface area contributed by atoms with Crippen molar-refractivity contribution in [3.8, 4) is 5.75 Å². The number of carbonyl (C=O) groups is 3. The third kappa shape index (κ3) is 5.89. The van der Waals surface area contributed by atoms with Gasteiger partial charge < -0.3 is 14.8 Å². The first-order valence-corrected chi connectivity index (χ1v) is 8.18. The highest BCUT2D eigenvalue weighted by molar-refractivity contribution is 6.30. The molecule has 2 aromatic rings. The number of amides is 1. The van der Waals surface area contributed by atoms with Crippen molar-refractivity contribution in [3.05, 3.63) is 58.6 Å². The molecular weight excluding hydrogens is 358 g/mol. The second-order valence-electron chi connectivity index (χ2n) is 5.54. The molecule has 6 nitrogen and oxygen atoms in total. The van der Waals surface area contributed by atoms with Crippen LogP contribution in [0.15, 0.2) is 42.5 Å². The van der Waals surface area contributed by atoms with Crippen LogP contribution in [0, 0.1) is 6.92 Å². The summed E-state index contributed by atoms with van der Waals surface area (Å²) < 4.78 is 10.1. The minimum atomic E-state index is -0.693. The predicted octanol–water partition coefficient (Wildman–Crippen LogP) is 3.41. The van der Waals surface area contributed by atoms with Crippen molar-refractivity contribution < 1.29 is 23.9 Å². The Labute approximate surface area is 156 Å². The zero-order valence-electron chi connectivity index (χ0n) is 14.4. The molecular formula is C19H18ClNO5. The molecule has 26 heavy (non-hydrogen) atoms. The molecule has 7 heteroatoms. The van der Waals surface area contributed by atoms with Gasteiger partial charge in [0.05, 0.1) is 0 Å². The summed E-state index contributed by atoms with van der Waals surface area (Å²) >= 11 is 5.85. The highest BCUT2D eigenvalue weighted by Gasteiger charge is 2.10. The Balaban J connectivity index is 1.78.